The van der Waals surface area contributed by atoms with Crippen LogP contribution >= 0.6 is 0 Å². The number of aromatic nitrogens is 4. The number of anilines is 2. The molecule has 8 nitrogen and oxygen atoms in total. The van der Waals surface area contributed by atoms with E-state index in [1.807, 2.05) is 152 Å². The summed E-state index contributed by atoms with van der Waals surface area (Å²) in [4.78, 5) is 20.4. The molecule has 0 aliphatic heterocycles. The molecule has 53 heavy (non-hydrogen) atoms. The minimum atomic E-state index is -0.746. The smallest absolute Gasteiger partial charge is 0.145 e. The molecule has 0 fully saturated rings. The van der Waals surface area contributed by atoms with Crippen molar-refractivity contribution in [1.82, 2.24) is 19.9 Å². The van der Waals surface area contributed by atoms with Crippen molar-refractivity contribution >= 4 is 55.5 Å². The van der Waals surface area contributed by atoms with Gasteiger partial charge in [-0.15, -0.1) is 0 Å². The van der Waals surface area contributed by atoms with Crippen molar-refractivity contribution < 1.29 is 10.2 Å². The van der Waals surface area contributed by atoms with Crippen molar-refractivity contribution in [2.75, 3.05) is 10.6 Å². The third-order valence-electron chi connectivity index (χ3n) is 9.65. The zero-order chi connectivity index (χ0) is 35.7. The molecule has 0 atom stereocenters. The molecule has 0 unspecified atom stereocenters. The first-order valence-electron chi connectivity index (χ1n) is 17.6. The van der Waals surface area contributed by atoms with E-state index in [-0.39, 0.29) is 11.5 Å². The number of nitrogens with zero attached hydrogens (tertiary/aromatic N) is 4. The number of hydrogen-bond acceptors (Lipinski definition) is 8. The van der Waals surface area contributed by atoms with Crippen LogP contribution in [0, 0.1) is 0 Å². The molecule has 0 saturated heterocycles. The fraction of sp³-hybridized carbons (Fsp3) is 0.0667. The minimum Gasteiger partial charge on any atom is -0.505 e. The largest absolute Gasteiger partial charge is 0.505 e. The standard InChI is InChI=1S/C45H34N6O2/c52-44-37(46-26-28-14-4-1-5-15-28)24-35-42(50-33-22-12-10-20-31(33)48-35)40(44)39(30-18-8-3-9-19-30)41-43-36(49-32-21-11-13-23-34(32)51-43)25-38(45(41)53)47-27-29-16-6-2-7-17-29/h1-25,39,46-47,52-53H,26-27H2. The molecule has 256 valence electrons. The summed E-state index contributed by atoms with van der Waals surface area (Å²) in [7, 11) is 0. The van der Waals surface area contributed by atoms with E-state index >= 15 is 0 Å². The average Bonchev–Trinajstić information content (AvgIpc) is 3.21. The Hall–Kier alpha value is -7.06. The molecule has 0 spiro atoms. The van der Waals surface area contributed by atoms with Gasteiger partial charge in [-0.1, -0.05) is 115 Å². The number of benzene rings is 7. The van der Waals surface area contributed by atoms with E-state index in [2.05, 4.69) is 10.6 Å². The topological polar surface area (TPSA) is 116 Å². The van der Waals surface area contributed by atoms with E-state index in [4.69, 9.17) is 19.9 Å². The number of phenolic OH excluding ortho intramolecular Hbond substituents is 2. The van der Waals surface area contributed by atoms with Crippen molar-refractivity contribution in [3.8, 4) is 11.5 Å². The molecule has 9 aromatic rings. The predicted octanol–water partition coefficient (Wildman–Crippen LogP) is 9.69. The van der Waals surface area contributed by atoms with Gasteiger partial charge in [-0.3, -0.25) is 0 Å². The van der Waals surface area contributed by atoms with Crippen LogP contribution in [0.2, 0.25) is 0 Å². The summed E-state index contributed by atoms with van der Waals surface area (Å²) < 4.78 is 0. The average molecular weight is 691 g/mol. The van der Waals surface area contributed by atoms with Gasteiger partial charge in [0.1, 0.15) is 11.5 Å². The number of phenols is 2. The summed E-state index contributed by atoms with van der Waals surface area (Å²) in [6.45, 7) is 0.946. The maximum Gasteiger partial charge on any atom is 0.145 e. The summed E-state index contributed by atoms with van der Waals surface area (Å²) in [5.74, 6) is -0.726. The fourth-order valence-electron chi connectivity index (χ4n) is 7.08. The van der Waals surface area contributed by atoms with Crippen LogP contribution in [0.15, 0.2) is 152 Å². The Balaban J connectivity index is 1.34. The Kier molecular flexibility index (Phi) is 8.17. The summed E-state index contributed by atoms with van der Waals surface area (Å²) in [5, 5.41) is 32.0. The molecule has 0 saturated carbocycles. The lowest BCUT2D eigenvalue weighted by atomic mass is 9.81. The van der Waals surface area contributed by atoms with Crippen LogP contribution in [0.1, 0.15) is 33.7 Å². The van der Waals surface area contributed by atoms with Crippen molar-refractivity contribution in [2.45, 2.75) is 19.0 Å². The quantitative estimate of drug-likeness (QED) is 0.0672. The number of hydrogen-bond donors (Lipinski definition) is 4. The van der Waals surface area contributed by atoms with Crippen LogP contribution in [0.3, 0.4) is 0 Å². The minimum absolute atomic E-state index is 0.0100. The first-order chi connectivity index (χ1) is 26.1. The molecule has 0 aliphatic carbocycles. The number of aromatic hydroxyl groups is 2. The first-order valence-corrected chi connectivity index (χ1v) is 17.6. The van der Waals surface area contributed by atoms with Crippen molar-refractivity contribution in [3.63, 3.8) is 0 Å². The molecule has 7 aromatic carbocycles. The summed E-state index contributed by atoms with van der Waals surface area (Å²) in [6, 6.07) is 49.0. The highest BCUT2D eigenvalue weighted by Crippen LogP contribution is 2.50. The van der Waals surface area contributed by atoms with Crippen LogP contribution in [-0.4, -0.2) is 30.1 Å². The second kappa shape index (κ2) is 13.6. The normalized spacial score (nSPS) is 11.5. The van der Waals surface area contributed by atoms with Gasteiger partial charge in [0.25, 0.3) is 0 Å². The maximum atomic E-state index is 12.5. The number of rotatable bonds is 9. The molecule has 0 amide bonds. The molecule has 8 heteroatoms. The van der Waals surface area contributed by atoms with Gasteiger partial charge in [-0.2, -0.15) is 0 Å². The lowest BCUT2D eigenvalue weighted by molar-refractivity contribution is 0.462. The van der Waals surface area contributed by atoms with Gasteiger partial charge in [0, 0.05) is 30.1 Å². The Bertz CT molecular complexity index is 2590. The van der Waals surface area contributed by atoms with Crippen LogP contribution in [-0.2, 0) is 13.1 Å². The number of nitrogens with one attached hydrogen (secondary N) is 2. The molecule has 0 bridgehead atoms. The molecule has 4 N–H and O–H groups in total. The molecular formula is C45H34N6O2. The lowest BCUT2D eigenvalue weighted by Crippen LogP contribution is -2.11. The molecule has 0 aliphatic rings. The Morgan fingerprint density at radius 2 is 0.774 bits per heavy atom. The maximum absolute atomic E-state index is 12.5. The third-order valence-corrected chi connectivity index (χ3v) is 9.65. The second-order valence-corrected chi connectivity index (χ2v) is 13.1. The van der Waals surface area contributed by atoms with Crippen LogP contribution < -0.4 is 10.6 Å². The monoisotopic (exact) mass is 690 g/mol. The Morgan fingerprint density at radius 3 is 1.19 bits per heavy atom. The Labute approximate surface area is 305 Å². The number of para-hydroxylation sites is 4. The summed E-state index contributed by atoms with van der Waals surface area (Å²) >= 11 is 0. The van der Waals surface area contributed by atoms with Gasteiger partial charge in [0.2, 0.25) is 0 Å². The van der Waals surface area contributed by atoms with E-state index in [0.717, 1.165) is 27.7 Å². The zero-order valence-electron chi connectivity index (χ0n) is 28.6. The molecular weight excluding hydrogens is 657 g/mol. The molecule has 2 heterocycles. The van der Waals surface area contributed by atoms with Gasteiger partial charge in [-0.05, 0) is 53.1 Å². The zero-order valence-corrected chi connectivity index (χ0v) is 28.6. The van der Waals surface area contributed by atoms with Crippen molar-refractivity contribution in [1.29, 1.82) is 0 Å². The highest BCUT2D eigenvalue weighted by molar-refractivity contribution is 5.97. The van der Waals surface area contributed by atoms with Gasteiger partial charge < -0.3 is 20.8 Å². The molecule has 0 radical (unpaired) electrons. The predicted molar refractivity (Wildman–Crippen MR) is 212 cm³/mol. The highest BCUT2D eigenvalue weighted by atomic mass is 16.3. The van der Waals surface area contributed by atoms with Gasteiger partial charge in [0.15, 0.2) is 0 Å². The van der Waals surface area contributed by atoms with Crippen LogP contribution in [0.25, 0.3) is 44.1 Å². The highest BCUT2D eigenvalue weighted by Gasteiger charge is 2.32. The van der Waals surface area contributed by atoms with Crippen LogP contribution in [0.4, 0.5) is 11.4 Å². The van der Waals surface area contributed by atoms with Gasteiger partial charge >= 0.3 is 0 Å². The van der Waals surface area contributed by atoms with Crippen molar-refractivity contribution in [3.05, 3.63) is 179 Å². The fourth-order valence-corrected chi connectivity index (χ4v) is 7.08. The second-order valence-electron chi connectivity index (χ2n) is 13.1. The number of fused-ring (bicyclic) bond motifs is 4. The van der Waals surface area contributed by atoms with Gasteiger partial charge in [-0.25, -0.2) is 19.9 Å². The molecule has 2 aromatic heterocycles. The van der Waals surface area contributed by atoms with Gasteiger partial charge in [0.05, 0.1) is 55.5 Å². The Morgan fingerprint density at radius 1 is 0.415 bits per heavy atom. The van der Waals surface area contributed by atoms with E-state index in [9.17, 15) is 10.2 Å². The SMILES string of the molecule is Oc1c(NCc2ccccc2)cc2nc3ccccc3nc2c1C(c1ccccc1)c1c(O)c(NCc2ccccc2)cc2nc3ccccc3nc12. The lowest BCUT2D eigenvalue weighted by Gasteiger charge is -2.26. The first kappa shape index (κ1) is 31.9. The van der Waals surface area contributed by atoms with E-state index in [1.165, 1.54) is 0 Å². The van der Waals surface area contributed by atoms with Crippen LogP contribution in [0.5, 0.6) is 11.5 Å². The molecule has 9 rings (SSSR count). The summed E-state index contributed by atoms with van der Waals surface area (Å²) in [5.41, 5.74) is 10.0. The van der Waals surface area contributed by atoms with E-state index in [0.29, 0.717) is 68.7 Å². The van der Waals surface area contributed by atoms with E-state index in [1.54, 1.807) is 0 Å². The summed E-state index contributed by atoms with van der Waals surface area (Å²) in [6.07, 6.45) is 0. The van der Waals surface area contributed by atoms with E-state index < -0.39 is 5.92 Å². The third kappa shape index (κ3) is 6.06. The van der Waals surface area contributed by atoms with Crippen molar-refractivity contribution in [2.24, 2.45) is 0 Å².